The smallest absolute Gasteiger partial charge is 0.257 e. The summed E-state index contributed by atoms with van der Waals surface area (Å²) in [7, 11) is 0. The van der Waals surface area contributed by atoms with Gasteiger partial charge in [-0.15, -0.1) is 0 Å². The largest absolute Gasteiger partial charge is 0.307 e. The summed E-state index contributed by atoms with van der Waals surface area (Å²) < 4.78 is 3.90. The van der Waals surface area contributed by atoms with Gasteiger partial charge in [-0.3, -0.25) is 4.79 Å². The Morgan fingerprint density at radius 3 is 2.66 bits per heavy atom. The lowest BCUT2D eigenvalue weighted by atomic mass is 9.96. The molecule has 0 aromatic carbocycles. The highest BCUT2D eigenvalue weighted by Crippen LogP contribution is 2.40. The van der Waals surface area contributed by atoms with Crippen molar-refractivity contribution in [2.45, 2.75) is 76.8 Å². The van der Waals surface area contributed by atoms with Crippen LogP contribution in [0.3, 0.4) is 0 Å². The average Bonchev–Trinajstić information content (AvgIpc) is 3.32. The molecule has 0 saturated heterocycles. The van der Waals surface area contributed by atoms with E-state index in [-0.39, 0.29) is 11.9 Å². The number of pyridine rings is 1. The number of fused-ring (bicyclic) bond motifs is 1. The molecule has 3 aromatic rings. The van der Waals surface area contributed by atoms with Gasteiger partial charge in [0.05, 0.1) is 29.4 Å². The molecule has 29 heavy (non-hydrogen) atoms. The van der Waals surface area contributed by atoms with Crippen molar-refractivity contribution < 1.29 is 4.79 Å². The molecule has 7 nitrogen and oxygen atoms in total. The zero-order valence-corrected chi connectivity index (χ0v) is 17.1. The first kappa shape index (κ1) is 18.3. The monoisotopic (exact) mass is 392 g/mol. The highest BCUT2D eigenvalue weighted by atomic mass is 16.1. The molecule has 0 aliphatic heterocycles. The molecule has 2 saturated carbocycles. The Morgan fingerprint density at radius 1 is 1.14 bits per heavy atom. The summed E-state index contributed by atoms with van der Waals surface area (Å²) in [5.74, 6) is 1.13. The standard InChI is InChI=1S/C22H28N6O/c1-14(2)27-21-18(13-24-27)17(12-19(25-21)15-8-9-15)22(29)26-20-10-11-23-28(20)16-6-4-3-5-7-16/h10-16H,3-9H2,1-2H3,(H,26,29). The van der Waals surface area contributed by atoms with E-state index in [0.29, 0.717) is 17.5 Å². The molecule has 1 N–H and O–H groups in total. The highest BCUT2D eigenvalue weighted by molar-refractivity contribution is 6.11. The van der Waals surface area contributed by atoms with Gasteiger partial charge in [0.1, 0.15) is 5.82 Å². The van der Waals surface area contributed by atoms with Crippen molar-refractivity contribution in [3.8, 4) is 0 Å². The van der Waals surface area contributed by atoms with Crippen molar-refractivity contribution in [2.24, 2.45) is 0 Å². The maximum Gasteiger partial charge on any atom is 0.257 e. The molecule has 3 aromatic heterocycles. The van der Waals surface area contributed by atoms with Crippen molar-refractivity contribution in [3.05, 3.63) is 35.8 Å². The van der Waals surface area contributed by atoms with E-state index in [1.165, 1.54) is 19.3 Å². The summed E-state index contributed by atoms with van der Waals surface area (Å²) in [6.07, 6.45) is 11.8. The van der Waals surface area contributed by atoms with Crippen LogP contribution in [-0.2, 0) is 0 Å². The lowest BCUT2D eigenvalue weighted by Gasteiger charge is -2.24. The number of hydrogen-bond acceptors (Lipinski definition) is 4. The van der Waals surface area contributed by atoms with Crippen LogP contribution in [0.15, 0.2) is 24.5 Å². The number of anilines is 1. The number of nitrogens with one attached hydrogen (secondary N) is 1. The minimum Gasteiger partial charge on any atom is -0.307 e. The van der Waals surface area contributed by atoms with Gasteiger partial charge in [0, 0.05) is 23.7 Å². The zero-order chi connectivity index (χ0) is 20.0. The van der Waals surface area contributed by atoms with Crippen LogP contribution < -0.4 is 5.32 Å². The molecule has 0 atom stereocenters. The molecule has 2 aliphatic carbocycles. The summed E-state index contributed by atoms with van der Waals surface area (Å²) in [6, 6.07) is 4.42. The third kappa shape index (κ3) is 3.43. The fraction of sp³-hybridized carbons (Fsp3) is 0.545. The molecule has 3 heterocycles. The third-order valence-corrected chi connectivity index (χ3v) is 6.15. The number of carbonyl (C=O) groups excluding carboxylic acids is 1. The molecule has 2 aliphatic rings. The lowest BCUT2D eigenvalue weighted by Crippen LogP contribution is -2.20. The number of amides is 1. The Morgan fingerprint density at radius 2 is 1.93 bits per heavy atom. The second kappa shape index (κ2) is 7.28. The van der Waals surface area contributed by atoms with Gasteiger partial charge in [0.25, 0.3) is 5.91 Å². The molecule has 2 fully saturated rings. The second-order valence-electron chi connectivity index (χ2n) is 8.70. The molecule has 0 bridgehead atoms. The van der Waals surface area contributed by atoms with Crippen molar-refractivity contribution in [1.82, 2.24) is 24.5 Å². The first-order chi connectivity index (χ1) is 14.1. The quantitative estimate of drug-likeness (QED) is 0.674. The highest BCUT2D eigenvalue weighted by Gasteiger charge is 2.28. The summed E-state index contributed by atoms with van der Waals surface area (Å²) >= 11 is 0. The first-order valence-corrected chi connectivity index (χ1v) is 10.8. The van der Waals surface area contributed by atoms with Crippen LogP contribution in [0.4, 0.5) is 5.82 Å². The van der Waals surface area contributed by atoms with E-state index in [2.05, 4.69) is 29.4 Å². The predicted octanol–water partition coefficient (Wildman–Crippen LogP) is 4.84. The number of aromatic nitrogens is 5. The van der Waals surface area contributed by atoms with Crippen molar-refractivity contribution in [1.29, 1.82) is 0 Å². The van der Waals surface area contributed by atoms with Gasteiger partial charge in [-0.2, -0.15) is 10.2 Å². The van der Waals surface area contributed by atoms with Crippen molar-refractivity contribution in [2.75, 3.05) is 5.32 Å². The van der Waals surface area contributed by atoms with Crippen LogP contribution in [0.5, 0.6) is 0 Å². The maximum atomic E-state index is 13.3. The van der Waals surface area contributed by atoms with Gasteiger partial charge in [-0.1, -0.05) is 19.3 Å². The summed E-state index contributed by atoms with van der Waals surface area (Å²) in [5, 5.41) is 12.9. The van der Waals surface area contributed by atoms with E-state index in [0.717, 1.165) is 48.2 Å². The zero-order valence-electron chi connectivity index (χ0n) is 17.1. The van der Waals surface area contributed by atoms with Crippen LogP contribution >= 0.6 is 0 Å². The van der Waals surface area contributed by atoms with Gasteiger partial charge in [0.15, 0.2) is 5.65 Å². The summed E-state index contributed by atoms with van der Waals surface area (Å²) in [5.41, 5.74) is 2.46. The molecule has 7 heteroatoms. The van der Waals surface area contributed by atoms with Crippen molar-refractivity contribution in [3.63, 3.8) is 0 Å². The normalized spacial score (nSPS) is 17.9. The average molecular weight is 393 g/mol. The van der Waals surface area contributed by atoms with Gasteiger partial charge in [-0.25, -0.2) is 14.3 Å². The Hall–Kier alpha value is -2.70. The fourth-order valence-electron chi connectivity index (χ4n) is 4.40. The second-order valence-corrected chi connectivity index (χ2v) is 8.70. The van der Waals surface area contributed by atoms with E-state index in [9.17, 15) is 4.79 Å². The molecule has 0 unspecified atom stereocenters. The molecular formula is C22H28N6O. The van der Waals surface area contributed by atoms with Crippen LogP contribution in [0.2, 0.25) is 0 Å². The number of hydrogen-bond donors (Lipinski definition) is 1. The minimum atomic E-state index is -0.111. The van der Waals surface area contributed by atoms with Crippen LogP contribution in [0.1, 0.15) is 92.8 Å². The number of carbonyl (C=O) groups is 1. The Kier molecular flexibility index (Phi) is 4.60. The first-order valence-electron chi connectivity index (χ1n) is 10.8. The van der Waals surface area contributed by atoms with E-state index in [1.807, 2.05) is 21.5 Å². The Bertz CT molecular complexity index is 1040. The Labute approximate surface area is 170 Å². The van der Waals surface area contributed by atoms with Crippen molar-refractivity contribution >= 4 is 22.8 Å². The van der Waals surface area contributed by atoms with E-state index >= 15 is 0 Å². The molecular weight excluding hydrogens is 364 g/mol. The number of nitrogens with zero attached hydrogens (tertiary/aromatic N) is 5. The van der Waals surface area contributed by atoms with Gasteiger partial charge in [-0.05, 0) is 45.6 Å². The predicted molar refractivity (Wildman–Crippen MR) is 112 cm³/mol. The van der Waals surface area contributed by atoms with E-state index in [4.69, 9.17) is 4.98 Å². The van der Waals surface area contributed by atoms with Crippen LogP contribution in [0.25, 0.3) is 11.0 Å². The SMILES string of the molecule is CC(C)n1ncc2c(C(=O)Nc3ccnn3C3CCCCC3)cc(C3CC3)nc21. The third-order valence-electron chi connectivity index (χ3n) is 6.15. The van der Waals surface area contributed by atoms with Gasteiger partial charge >= 0.3 is 0 Å². The molecule has 0 spiro atoms. The number of rotatable bonds is 5. The molecule has 5 rings (SSSR count). The molecule has 0 radical (unpaired) electrons. The van der Waals surface area contributed by atoms with Crippen LogP contribution in [0, 0.1) is 0 Å². The molecule has 1 amide bonds. The van der Waals surface area contributed by atoms with Gasteiger partial charge in [0.2, 0.25) is 0 Å². The van der Waals surface area contributed by atoms with E-state index < -0.39 is 0 Å². The summed E-state index contributed by atoms with van der Waals surface area (Å²) in [4.78, 5) is 18.2. The summed E-state index contributed by atoms with van der Waals surface area (Å²) in [6.45, 7) is 4.17. The topological polar surface area (TPSA) is 77.6 Å². The maximum absolute atomic E-state index is 13.3. The van der Waals surface area contributed by atoms with Gasteiger partial charge < -0.3 is 5.32 Å². The fourth-order valence-corrected chi connectivity index (χ4v) is 4.40. The Balaban J connectivity index is 1.49. The van der Waals surface area contributed by atoms with Crippen LogP contribution in [-0.4, -0.2) is 30.5 Å². The molecule has 152 valence electrons. The lowest BCUT2D eigenvalue weighted by molar-refractivity contribution is 0.102. The van der Waals surface area contributed by atoms with E-state index in [1.54, 1.807) is 12.4 Å². The minimum absolute atomic E-state index is 0.111.